The molecule has 3 rings (SSSR count). The second-order valence-corrected chi connectivity index (χ2v) is 6.97. The van der Waals surface area contributed by atoms with Gasteiger partial charge in [0.25, 0.3) is 0 Å². The van der Waals surface area contributed by atoms with Gasteiger partial charge in [-0.3, -0.25) is 4.79 Å². The molecule has 1 N–H and O–H groups in total. The number of benzene rings is 3. The van der Waals surface area contributed by atoms with Crippen LogP contribution in [0.4, 0.5) is 20.2 Å². The molecule has 0 aliphatic rings. The summed E-state index contributed by atoms with van der Waals surface area (Å²) in [5.74, 6) is -1.40. The molecule has 0 radical (unpaired) electrons. The molecule has 0 atom stereocenters. The van der Waals surface area contributed by atoms with Crippen molar-refractivity contribution >= 4 is 44.7 Å². The van der Waals surface area contributed by atoms with Crippen molar-refractivity contribution in [3.05, 3.63) is 92.4 Å². The molecule has 6 heteroatoms. The first-order valence-corrected chi connectivity index (χ1v) is 8.85. The van der Waals surface area contributed by atoms with Crippen molar-refractivity contribution in [2.24, 2.45) is 0 Å². The minimum absolute atomic E-state index is 0.0280. The molecule has 0 aromatic heterocycles. The first-order chi connectivity index (χ1) is 12.4. The largest absolute Gasteiger partial charge is 0.353 e. The fraction of sp³-hybridized carbons (Fsp3) is 0.0500. The molecule has 26 heavy (non-hydrogen) atoms. The third-order valence-electron chi connectivity index (χ3n) is 3.89. The van der Waals surface area contributed by atoms with Crippen LogP contribution in [0, 0.1) is 18.6 Å². The molecule has 0 aliphatic carbocycles. The number of carbonyl (C=O) groups is 1. The minimum atomic E-state index is -0.616. The topological polar surface area (TPSA) is 29.1 Å². The van der Waals surface area contributed by atoms with Crippen LogP contribution in [-0.2, 0) is 0 Å². The predicted molar refractivity (Wildman–Crippen MR) is 103 cm³/mol. The monoisotopic (exact) mass is 435 g/mol. The molecule has 3 aromatic rings. The van der Waals surface area contributed by atoms with Gasteiger partial charge in [-0.1, -0.05) is 35.9 Å². The summed E-state index contributed by atoms with van der Waals surface area (Å²) in [4.78, 5) is 12.7. The standard InChI is InChI=1S/C20H13BrClF2NO/c1-11-4-2-3-5-13(11)20(26)14-7-6-12(8-16(14)22)25-19-10-17(23)15(21)9-18(19)24/h2-10,25H,1H3. The summed E-state index contributed by atoms with van der Waals surface area (Å²) in [5.41, 5.74) is 2.17. The minimum Gasteiger partial charge on any atom is -0.353 e. The van der Waals surface area contributed by atoms with E-state index in [-0.39, 0.29) is 21.0 Å². The number of hydrogen-bond acceptors (Lipinski definition) is 2. The van der Waals surface area contributed by atoms with E-state index in [1.54, 1.807) is 24.3 Å². The second-order valence-electron chi connectivity index (χ2n) is 5.71. The maximum Gasteiger partial charge on any atom is 0.194 e. The Bertz CT molecular complexity index is 1010. The van der Waals surface area contributed by atoms with Crippen molar-refractivity contribution < 1.29 is 13.6 Å². The van der Waals surface area contributed by atoms with Gasteiger partial charge in [0.05, 0.1) is 15.2 Å². The summed E-state index contributed by atoms with van der Waals surface area (Å²) in [7, 11) is 0. The number of aryl methyl sites for hydroxylation is 1. The van der Waals surface area contributed by atoms with Crippen LogP contribution in [0.15, 0.2) is 59.1 Å². The van der Waals surface area contributed by atoms with E-state index in [0.717, 1.165) is 17.7 Å². The quantitative estimate of drug-likeness (QED) is 0.366. The molecular formula is C20H13BrClF2NO. The Morgan fingerprint density at radius 3 is 2.42 bits per heavy atom. The lowest BCUT2D eigenvalue weighted by atomic mass is 9.99. The zero-order chi connectivity index (χ0) is 18.8. The number of hydrogen-bond donors (Lipinski definition) is 1. The molecule has 0 spiro atoms. The third kappa shape index (κ3) is 3.79. The number of halogens is 4. The van der Waals surface area contributed by atoms with Gasteiger partial charge in [0.1, 0.15) is 11.6 Å². The Morgan fingerprint density at radius 2 is 1.73 bits per heavy atom. The number of rotatable bonds is 4. The van der Waals surface area contributed by atoms with Crippen LogP contribution in [-0.4, -0.2) is 5.78 Å². The fourth-order valence-corrected chi connectivity index (χ4v) is 3.11. The Hall–Kier alpha value is -2.24. The van der Waals surface area contributed by atoms with E-state index in [0.29, 0.717) is 16.8 Å². The first-order valence-electron chi connectivity index (χ1n) is 7.68. The van der Waals surface area contributed by atoms with E-state index >= 15 is 0 Å². The first kappa shape index (κ1) is 18.5. The van der Waals surface area contributed by atoms with Crippen LogP contribution in [0.25, 0.3) is 0 Å². The molecule has 0 aliphatic heterocycles. The van der Waals surface area contributed by atoms with E-state index in [1.807, 2.05) is 19.1 Å². The van der Waals surface area contributed by atoms with Gasteiger partial charge < -0.3 is 5.32 Å². The molecular weight excluding hydrogens is 424 g/mol. The predicted octanol–water partition coefficient (Wildman–Crippen LogP) is 6.66. The molecule has 0 bridgehead atoms. The van der Waals surface area contributed by atoms with Crippen molar-refractivity contribution in [3.63, 3.8) is 0 Å². The van der Waals surface area contributed by atoms with Crippen LogP contribution in [0.5, 0.6) is 0 Å². The van der Waals surface area contributed by atoms with Crippen LogP contribution in [0.3, 0.4) is 0 Å². The lowest BCUT2D eigenvalue weighted by molar-refractivity contribution is 0.103. The number of nitrogens with one attached hydrogen (secondary N) is 1. The van der Waals surface area contributed by atoms with Gasteiger partial charge in [-0.2, -0.15) is 0 Å². The molecule has 0 amide bonds. The highest BCUT2D eigenvalue weighted by atomic mass is 79.9. The fourth-order valence-electron chi connectivity index (χ4n) is 2.52. The zero-order valence-electron chi connectivity index (χ0n) is 13.6. The molecule has 2 nitrogen and oxygen atoms in total. The molecule has 0 unspecified atom stereocenters. The van der Waals surface area contributed by atoms with E-state index in [4.69, 9.17) is 11.6 Å². The highest BCUT2D eigenvalue weighted by Crippen LogP contribution is 2.29. The summed E-state index contributed by atoms with van der Waals surface area (Å²) in [5, 5.41) is 2.99. The van der Waals surface area contributed by atoms with Crippen LogP contribution < -0.4 is 5.32 Å². The zero-order valence-corrected chi connectivity index (χ0v) is 16.0. The second kappa shape index (κ2) is 7.56. The normalized spacial score (nSPS) is 10.7. The van der Waals surface area contributed by atoms with Crippen molar-refractivity contribution in [1.29, 1.82) is 0 Å². The van der Waals surface area contributed by atoms with Crippen molar-refractivity contribution in [2.45, 2.75) is 6.92 Å². The molecule has 0 saturated carbocycles. The average Bonchev–Trinajstić information content (AvgIpc) is 2.60. The van der Waals surface area contributed by atoms with Gasteiger partial charge in [-0.25, -0.2) is 8.78 Å². The number of ketones is 1. The number of anilines is 2. The van der Waals surface area contributed by atoms with Crippen molar-refractivity contribution in [2.75, 3.05) is 5.32 Å². The van der Waals surface area contributed by atoms with E-state index in [9.17, 15) is 13.6 Å². The van der Waals surface area contributed by atoms with Crippen LogP contribution in [0.2, 0.25) is 5.02 Å². The SMILES string of the molecule is Cc1ccccc1C(=O)c1ccc(Nc2cc(F)c(Br)cc2F)cc1Cl. The molecule has 3 aromatic carbocycles. The van der Waals surface area contributed by atoms with E-state index < -0.39 is 11.6 Å². The van der Waals surface area contributed by atoms with E-state index in [1.165, 1.54) is 6.07 Å². The van der Waals surface area contributed by atoms with Crippen molar-refractivity contribution in [1.82, 2.24) is 0 Å². The van der Waals surface area contributed by atoms with Gasteiger partial charge in [0.15, 0.2) is 5.78 Å². The summed E-state index contributed by atoms with van der Waals surface area (Å²) in [6, 6.07) is 14.0. The van der Waals surface area contributed by atoms with Crippen LogP contribution in [0.1, 0.15) is 21.5 Å². The lowest BCUT2D eigenvalue weighted by Crippen LogP contribution is -2.05. The Labute approximate surface area is 162 Å². The molecule has 0 fully saturated rings. The van der Waals surface area contributed by atoms with E-state index in [2.05, 4.69) is 21.2 Å². The van der Waals surface area contributed by atoms with Gasteiger partial charge in [0.2, 0.25) is 0 Å². The summed E-state index contributed by atoms with van der Waals surface area (Å²) >= 11 is 9.18. The van der Waals surface area contributed by atoms with Gasteiger partial charge >= 0.3 is 0 Å². The Kier molecular flexibility index (Phi) is 5.39. The van der Waals surface area contributed by atoms with Gasteiger partial charge in [-0.15, -0.1) is 0 Å². The van der Waals surface area contributed by atoms with Gasteiger partial charge in [0, 0.05) is 22.9 Å². The Morgan fingerprint density at radius 1 is 1.00 bits per heavy atom. The molecule has 0 heterocycles. The van der Waals surface area contributed by atoms with Crippen LogP contribution >= 0.6 is 27.5 Å². The summed E-state index contributed by atoms with van der Waals surface area (Å²) in [6.45, 7) is 1.85. The summed E-state index contributed by atoms with van der Waals surface area (Å²) < 4.78 is 27.6. The lowest BCUT2D eigenvalue weighted by Gasteiger charge is -2.11. The smallest absolute Gasteiger partial charge is 0.194 e. The highest BCUT2D eigenvalue weighted by Gasteiger charge is 2.16. The maximum absolute atomic E-state index is 13.9. The van der Waals surface area contributed by atoms with Crippen molar-refractivity contribution in [3.8, 4) is 0 Å². The Balaban J connectivity index is 1.90. The highest BCUT2D eigenvalue weighted by molar-refractivity contribution is 9.10. The third-order valence-corrected chi connectivity index (χ3v) is 4.81. The average molecular weight is 437 g/mol. The van der Waals surface area contributed by atoms with Gasteiger partial charge in [-0.05, 0) is 52.7 Å². The maximum atomic E-state index is 13.9. The number of carbonyl (C=O) groups excluding carboxylic acids is 1. The summed E-state index contributed by atoms with van der Waals surface area (Å²) in [6.07, 6.45) is 0. The molecule has 0 saturated heterocycles. The molecule has 132 valence electrons.